The number of nitrogens with zero attached hydrogens (tertiary/aromatic N) is 3. The number of rotatable bonds is 4. The van der Waals surface area contributed by atoms with E-state index in [4.69, 9.17) is 9.15 Å². The predicted molar refractivity (Wildman–Crippen MR) is 57.2 cm³/mol. The van der Waals surface area contributed by atoms with Crippen LogP contribution in [0.25, 0.3) is 0 Å². The molecule has 0 spiro atoms. The molecule has 1 saturated heterocycles. The fourth-order valence-electron chi connectivity index (χ4n) is 1.72. The van der Waals surface area contributed by atoms with E-state index in [0.717, 1.165) is 26.3 Å². The van der Waals surface area contributed by atoms with Gasteiger partial charge in [0.2, 0.25) is 5.89 Å². The van der Waals surface area contributed by atoms with Gasteiger partial charge in [0.05, 0.1) is 19.8 Å². The second-order valence-electron chi connectivity index (χ2n) is 4.23. The SMILES string of the molecule is C1CN(c2nnc(CNC3CC3)o2)CCO1. The molecule has 0 amide bonds. The van der Waals surface area contributed by atoms with Crippen LogP contribution in [-0.2, 0) is 11.3 Å². The summed E-state index contributed by atoms with van der Waals surface area (Å²) in [4.78, 5) is 2.07. The van der Waals surface area contributed by atoms with Crippen molar-refractivity contribution in [3.8, 4) is 0 Å². The minimum absolute atomic E-state index is 0.621. The maximum atomic E-state index is 5.59. The third kappa shape index (κ3) is 2.33. The Morgan fingerprint density at radius 3 is 2.81 bits per heavy atom. The maximum absolute atomic E-state index is 5.59. The van der Waals surface area contributed by atoms with E-state index in [0.29, 0.717) is 24.5 Å². The Morgan fingerprint density at radius 2 is 2.06 bits per heavy atom. The Bertz CT molecular complexity index is 344. The summed E-state index contributed by atoms with van der Waals surface area (Å²) in [5, 5.41) is 11.4. The maximum Gasteiger partial charge on any atom is 0.318 e. The average molecular weight is 224 g/mol. The molecule has 0 unspecified atom stereocenters. The van der Waals surface area contributed by atoms with E-state index in [1.807, 2.05) is 0 Å². The van der Waals surface area contributed by atoms with Crippen LogP contribution in [0.2, 0.25) is 0 Å². The van der Waals surface area contributed by atoms with Gasteiger partial charge in [0.25, 0.3) is 0 Å². The van der Waals surface area contributed by atoms with Crippen molar-refractivity contribution in [2.24, 2.45) is 0 Å². The lowest BCUT2D eigenvalue weighted by Crippen LogP contribution is -2.36. The molecule has 1 aromatic heterocycles. The van der Waals surface area contributed by atoms with Gasteiger partial charge in [-0.05, 0) is 12.8 Å². The van der Waals surface area contributed by atoms with Crippen LogP contribution in [0.4, 0.5) is 6.01 Å². The molecule has 2 aliphatic rings. The smallest absolute Gasteiger partial charge is 0.318 e. The lowest BCUT2D eigenvalue weighted by Gasteiger charge is -2.24. The molecule has 1 aliphatic carbocycles. The van der Waals surface area contributed by atoms with Gasteiger partial charge < -0.3 is 19.4 Å². The molecule has 0 radical (unpaired) electrons. The molecule has 0 bridgehead atoms. The molecule has 0 aromatic carbocycles. The van der Waals surface area contributed by atoms with Gasteiger partial charge in [-0.1, -0.05) is 5.10 Å². The summed E-state index contributed by atoms with van der Waals surface area (Å²) >= 11 is 0. The molecule has 3 rings (SSSR count). The van der Waals surface area contributed by atoms with Crippen molar-refractivity contribution in [1.82, 2.24) is 15.5 Å². The lowest BCUT2D eigenvalue weighted by atomic mass is 10.5. The summed E-state index contributed by atoms with van der Waals surface area (Å²) < 4.78 is 10.9. The summed E-state index contributed by atoms with van der Waals surface area (Å²) in [7, 11) is 0. The standard InChI is InChI=1S/C10H16N4O2/c1-2-8(1)11-7-9-12-13-10(16-9)14-3-5-15-6-4-14/h8,11H,1-7H2. The largest absolute Gasteiger partial charge is 0.407 e. The summed E-state index contributed by atoms with van der Waals surface area (Å²) in [6, 6.07) is 1.29. The molecule has 6 nitrogen and oxygen atoms in total. The first-order valence-corrected chi connectivity index (χ1v) is 5.80. The van der Waals surface area contributed by atoms with Gasteiger partial charge in [-0.3, -0.25) is 0 Å². The van der Waals surface area contributed by atoms with Crippen LogP contribution in [0.3, 0.4) is 0 Å². The quantitative estimate of drug-likeness (QED) is 0.786. The third-order valence-corrected chi connectivity index (χ3v) is 2.86. The van der Waals surface area contributed by atoms with E-state index < -0.39 is 0 Å². The molecule has 1 aromatic rings. The highest BCUT2D eigenvalue weighted by Gasteiger charge is 2.22. The molecule has 16 heavy (non-hydrogen) atoms. The average Bonchev–Trinajstić information content (AvgIpc) is 3.05. The Kier molecular flexibility index (Phi) is 2.75. The van der Waals surface area contributed by atoms with Gasteiger partial charge in [0, 0.05) is 19.1 Å². The van der Waals surface area contributed by atoms with Gasteiger partial charge in [0.1, 0.15) is 0 Å². The Morgan fingerprint density at radius 1 is 1.25 bits per heavy atom. The second-order valence-corrected chi connectivity index (χ2v) is 4.23. The normalized spacial score (nSPS) is 21.4. The van der Waals surface area contributed by atoms with Crippen LogP contribution in [0.1, 0.15) is 18.7 Å². The summed E-state index contributed by atoms with van der Waals surface area (Å²) in [5.74, 6) is 0.674. The molecular formula is C10H16N4O2. The highest BCUT2D eigenvalue weighted by molar-refractivity contribution is 5.24. The zero-order chi connectivity index (χ0) is 10.8. The van der Waals surface area contributed by atoms with Crippen molar-refractivity contribution in [3.05, 3.63) is 5.89 Å². The first kappa shape index (κ1) is 10.0. The second kappa shape index (κ2) is 4.39. The van der Waals surface area contributed by atoms with Crippen LogP contribution >= 0.6 is 0 Å². The highest BCUT2D eigenvalue weighted by atomic mass is 16.5. The Balaban J connectivity index is 1.57. The number of nitrogens with one attached hydrogen (secondary N) is 1. The van der Waals surface area contributed by atoms with Crippen LogP contribution in [0, 0.1) is 0 Å². The van der Waals surface area contributed by atoms with Crippen LogP contribution in [0.15, 0.2) is 4.42 Å². The zero-order valence-corrected chi connectivity index (χ0v) is 9.19. The number of hydrogen-bond acceptors (Lipinski definition) is 6. The van der Waals surface area contributed by atoms with Crippen molar-refractivity contribution in [2.75, 3.05) is 31.2 Å². The number of anilines is 1. The van der Waals surface area contributed by atoms with Crippen molar-refractivity contribution in [3.63, 3.8) is 0 Å². The van der Waals surface area contributed by atoms with E-state index in [-0.39, 0.29) is 0 Å². The first-order chi connectivity index (χ1) is 7.92. The molecular weight excluding hydrogens is 208 g/mol. The molecule has 1 saturated carbocycles. The van der Waals surface area contributed by atoms with Crippen LogP contribution in [0.5, 0.6) is 0 Å². The zero-order valence-electron chi connectivity index (χ0n) is 9.19. The summed E-state index contributed by atoms with van der Waals surface area (Å²) in [5.41, 5.74) is 0. The van der Waals surface area contributed by atoms with E-state index in [2.05, 4.69) is 20.4 Å². The summed E-state index contributed by atoms with van der Waals surface area (Å²) in [6.45, 7) is 3.81. The van der Waals surface area contributed by atoms with E-state index in [9.17, 15) is 0 Å². The van der Waals surface area contributed by atoms with E-state index in [1.165, 1.54) is 12.8 Å². The lowest BCUT2D eigenvalue weighted by molar-refractivity contribution is 0.120. The molecule has 1 N–H and O–H groups in total. The predicted octanol–water partition coefficient (Wildman–Crippen LogP) is 0.158. The van der Waals surface area contributed by atoms with Gasteiger partial charge in [-0.25, -0.2) is 0 Å². The van der Waals surface area contributed by atoms with Gasteiger partial charge >= 0.3 is 6.01 Å². The molecule has 1 aliphatic heterocycles. The minimum atomic E-state index is 0.621. The van der Waals surface area contributed by atoms with Crippen molar-refractivity contribution in [2.45, 2.75) is 25.4 Å². The van der Waals surface area contributed by atoms with E-state index in [1.54, 1.807) is 0 Å². The Labute approximate surface area is 94.0 Å². The van der Waals surface area contributed by atoms with Crippen molar-refractivity contribution in [1.29, 1.82) is 0 Å². The molecule has 2 fully saturated rings. The highest BCUT2D eigenvalue weighted by Crippen LogP contribution is 2.20. The molecule has 2 heterocycles. The van der Waals surface area contributed by atoms with Gasteiger partial charge in [0.15, 0.2) is 0 Å². The Hall–Kier alpha value is -1.14. The third-order valence-electron chi connectivity index (χ3n) is 2.86. The fraction of sp³-hybridized carbons (Fsp3) is 0.800. The number of aromatic nitrogens is 2. The topological polar surface area (TPSA) is 63.4 Å². The van der Waals surface area contributed by atoms with Gasteiger partial charge in [-0.2, -0.15) is 0 Å². The minimum Gasteiger partial charge on any atom is -0.407 e. The van der Waals surface area contributed by atoms with Crippen molar-refractivity contribution >= 4 is 6.01 Å². The van der Waals surface area contributed by atoms with Crippen LogP contribution in [-0.4, -0.2) is 42.5 Å². The molecule has 88 valence electrons. The van der Waals surface area contributed by atoms with Gasteiger partial charge in [-0.15, -0.1) is 5.10 Å². The number of morpholine rings is 1. The van der Waals surface area contributed by atoms with E-state index >= 15 is 0 Å². The fourth-order valence-corrected chi connectivity index (χ4v) is 1.72. The number of hydrogen-bond donors (Lipinski definition) is 1. The monoisotopic (exact) mass is 224 g/mol. The summed E-state index contributed by atoms with van der Waals surface area (Å²) in [6.07, 6.45) is 2.54. The number of ether oxygens (including phenoxy) is 1. The molecule has 6 heteroatoms. The first-order valence-electron chi connectivity index (χ1n) is 5.80. The van der Waals surface area contributed by atoms with Crippen molar-refractivity contribution < 1.29 is 9.15 Å². The molecule has 0 atom stereocenters. The van der Waals surface area contributed by atoms with Crippen LogP contribution < -0.4 is 10.2 Å².